The maximum absolute atomic E-state index is 13.4. The van der Waals surface area contributed by atoms with Gasteiger partial charge in [-0.15, -0.1) is 0 Å². The fraction of sp³-hybridized carbons (Fsp3) is 0.738. The van der Waals surface area contributed by atoms with E-state index in [0.29, 0.717) is 12.8 Å². The van der Waals surface area contributed by atoms with Crippen molar-refractivity contribution < 1.29 is 49.3 Å². The molecule has 0 aliphatic carbocycles. The van der Waals surface area contributed by atoms with E-state index in [9.17, 15) is 35.1 Å². The van der Waals surface area contributed by atoms with Crippen molar-refractivity contribution in [1.29, 1.82) is 0 Å². The van der Waals surface area contributed by atoms with E-state index in [1.807, 2.05) is 66.8 Å². The lowest BCUT2D eigenvalue weighted by molar-refractivity contribution is -0.305. The van der Waals surface area contributed by atoms with E-state index >= 15 is 0 Å². The predicted octanol–water partition coefficient (Wildman–Crippen LogP) is 13.0. The molecule has 8 atom stereocenters. The Balaban J connectivity index is 2.77. The summed E-state index contributed by atoms with van der Waals surface area (Å²) in [4.78, 5) is 26.4. The van der Waals surface area contributed by atoms with E-state index < -0.39 is 67.4 Å². The highest BCUT2D eigenvalue weighted by molar-refractivity contribution is 5.80. The third-order valence-corrected chi connectivity index (χ3v) is 13.2. The van der Waals surface area contributed by atoms with Gasteiger partial charge in [0.05, 0.1) is 25.4 Å². The molecule has 414 valence electrons. The van der Waals surface area contributed by atoms with Gasteiger partial charge in [-0.25, -0.2) is 0 Å². The molecule has 11 heteroatoms. The highest BCUT2D eigenvalue weighted by atomic mass is 16.7. The molecule has 11 nitrogen and oxygen atoms in total. The first-order valence-electron chi connectivity index (χ1n) is 28.9. The van der Waals surface area contributed by atoms with E-state index in [1.54, 1.807) is 6.08 Å². The van der Waals surface area contributed by atoms with Gasteiger partial charge in [-0.3, -0.25) is 9.59 Å². The number of nitrogens with one attached hydrogen (secondary N) is 1. The zero-order valence-electron chi connectivity index (χ0n) is 45.5. The molecular formula is C61H105NO10. The van der Waals surface area contributed by atoms with Crippen molar-refractivity contribution in [3.05, 3.63) is 85.1 Å². The van der Waals surface area contributed by atoms with Crippen molar-refractivity contribution in [1.82, 2.24) is 5.32 Å². The van der Waals surface area contributed by atoms with Gasteiger partial charge >= 0.3 is 5.97 Å². The van der Waals surface area contributed by atoms with Gasteiger partial charge in [-0.1, -0.05) is 260 Å². The van der Waals surface area contributed by atoms with Crippen LogP contribution in [0.2, 0.25) is 0 Å². The number of hydrogen-bond acceptors (Lipinski definition) is 10. The number of esters is 1. The zero-order chi connectivity index (χ0) is 52.5. The summed E-state index contributed by atoms with van der Waals surface area (Å²) in [5.74, 6) is -1.24. The molecule has 0 radical (unpaired) electrons. The van der Waals surface area contributed by atoms with Crippen LogP contribution in [0.15, 0.2) is 85.1 Å². The van der Waals surface area contributed by atoms with Crippen molar-refractivity contribution in [2.45, 2.75) is 275 Å². The molecule has 1 amide bonds. The average Bonchev–Trinajstić information content (AvgIpc) is 3.38. The van der Waals surface area contributed by atoms with Crippen LogP contribution in [0.4, 0.5) is 0 Å². The largest absolute Gasteiger partial charge is 0.454 e. The molecule has 1 fully saturated rings. The standard InChI is InChI=1S/C61H105NO10/c1-4-7-10-13-16-19-22-25-27-28-29-31-34-37-40-43-46-49-56(66)72-59-58(68)57(67)55(50-63)71-61(59)70-51-52(53(64)47-44-41-38-35-32-24-21-18-15-12-9-6-3)62-60(69)54(65)48-45-42-39-36-33-30-26-23-20-17-14-11-8-5-2/h7,10,13,16,19,22,25,27-29,31,34,44,47,52-55,57-59,61,63-65,67-68H,4-6,8-9,11-12,14-15,17-18,20-21,23-24,26,30,32-33,35-43,45-46,48-51H2,1-3H3,(H,62,69)/b10-7-,16-13+,22-19+,27-25-,29-28+,34-31+,47-44+. The van der Waals surface area contributed by atoms with Gasteiger partial charge in [-0.05, 0) is 44.9 Å². The molecule has 0 bridgehead atoms. The van der Waals surface area contributed by atoms with Crippen LogP contribution in [0.25, 0.3) is 0 Å². The summed E-state index contributed by atoms with van der Waals surface area (Å²) in [6.07, 6.45) is 51.9. The third kappa shape index (κ3) is 36.7. The summed E-state index contributed by atoms with van der Waals surface area (Å²) in [6, 6.07) is -1.03. The first-order valence-corrected chi connectivity index (χ1v) is 28.9. The lowest BCUT2D eigenvalue weighted by Gasteiger charge is -2.41. The number of rotatable bonds is 47. The van der Waals surface area contributed by atoms with Crippen LogP contribution in [0, 0.1) is 0 Å². The van der Waals surface area contributed by atoms with E-state index in [1.165, 1.54) is 116 Å². The van der Waals surface area contributed by atoms with E-state index in [-0.39, 0.29) is 19.4 Å². The summed E-state index contributed by atoms with van der Waals surface area (Å²) in [6.45, 7) is 5.60. The number of ether oxygens (including phenoxy) is 3. The Morgan fingerprint density at radius 1 is 0.556 bits per heavy atom. The summed E-state index contributed by atoms with van der Waals surface area (Å²) >= 11 is 0. The summed E-state index contributed by atoms with van der Waals surface area (Å²) in [5, 5.41) is 56.8. The minimum absolute atomic E-state index is 0.0694. The maximum atomic E-state index is 13.4. The van der Waals surface area contributed by atoms with Crippen LogP contribution in [0.1, 0.15) is 226 Å². The lowest BCUT2D eigenvalue weighted by atomic mass is 9.99. The van der Waals surface area contributed by atoms with Gasteiger partial charge in [0.2, 0.25) is 5.91 Å². The highest BCUT2D eigenvalue weighted by Crippen LogP contribution is 2.26. The van der Waals surface area contributed by atoms with Crippen molar-refractivity contribution in [2.75, 3.05) is 13.2 Å². The number of carbonyl (C=O) groups excluding carboxylic acids is 2. The second-order valence-electron chi connectivity index (χ2n) is 19.8. The zero-order valence-corrected chi connectivity index (χ0v) is 45.5. The highest BCUT2D eigenvalue weighted by Gasteiger charge is 2.47. The van der Waals surface area contributed by atoms with Crippen molar-refractivity contribution >= 4 is 11.9 Å². The van der Waals surface area contributed by atoms with Crippen LogP contribution < -0.4 is 5.32 Å². The Bertz CT molecular complexity index is 1490. The quantitative estimate of drug-likeness (QED) is 0.0149. The van der Waals surface area contributed by atoms with Crippen molar-refractivity contribution in [3.8, 4) is 0 Å². The number of aliphatic hydroxyl groups is 5. The van der Waals surface area contributed by atoms with Crippen molar-refractivity contribution in [2.24, 2.45) is 0 Å². The van der Waals surface area contributed by atoms with Crippen LogP contribution >= 0.6 is 0 Å². The molecule has 0 aromatic heterocycles. The molecule has 6 N–H and O–H groups in total. The van der Waals surface area contributed by atoms with Gasteiger partial charge < -0.3 is 45.1 Å². The Morgan fingerprint density at radius 2 is 1.00 bits per heavy atom. The SMILES string of the molecule is CC\C=C/C=C/C=C/C=C\C=C\C=C\CCCCCC(=O)OC1C(OCC(NC(=O)C(O)CCCCCCCCCCCCCCCC)C(O)/C=C/CCCCCCCCCCCC)OC(CO)C(O)C1O. The second kappa shape index (κ2) is 48.8. The number of carbonyl (C=O) groups is 2. The molecule has 0 aromatic carbocycles. The van der Waals surface area contributed by atoms with Gasteiger partial charge in [-0.2, -0.15) is 0 Å². The summed E-state index contributed by atoms with van der Waals surface area (Å²) < 4.78 is 17.5. The molecule has 1 heterocycles. The number of aliphatic hydroxyl groups excluding tert-OH is 5. The minimum atomic E-state index is -1.63. The van der Waals surface area contributed by atoms with E-state index in [0.717, 1.165) is 64.2 Å². The monoisotopic (exact) mass is 1010 g/mol. The Kier molecular flexibility index (Phi) is 45.3. The number of allylic oxidation sites excluding steroid dienone is 13. The molecule has 0 aromatic rings. The fourth-order valence-corrected chi connectivity index (χ4v) is 8.62. The first-order chi connectivity index (χ1) is 35.2. The first kappa shape index (κ1) is 66.9. The van der Waals surface area contributed by atoms with Gasteiger partial charge in [0.15, 0.2) is 12.4 Å². The third-order valence-electron chi connectivity index (χ3n) is 13.2. The van der Waals surface area contributed by atoms with Crippen LogP contribution in [0.5, 0.6) is 0 Å². The minimum Gasteiger partial charge on any atom is -0.454 e. The molecule has 1 saturated heterocycles. The van der Waals surface area contributed by atoms with Gasteiger partial charge in [0.1, 0.15) is 24.4 Å². The number of amides is 1. The summed E-state index contributed by atoms with van der Waals surface area (Å²) in [5.41, 5.74) is 0. The van der Waals surface area contributed by atoms with Crippen LogP contribution in [-0.2, 0) is 23.8 Å². The molecule has 1 aliphatic heterocycles. The smallest absolute Gasteiger partial charge is 0.306 e. The molecular weight excluding hydrogens is 907 g/mol. The molecule has 0 saturated carbocycles. The van der Waals surface area contributed by atoms with Gasteiger partial charge in [0, 0.05) is 6.42 Å². The normalized spacial score (nSPS) is 20.1. The second-order valence-corrected chi connectivity index (χ2v) is 19.8. The Hall–Kier alpha value is -3.16. The van der Waals surface area contributed by atoms with Gasteiger partial charge in [0.25, 0.3) is 0 Å². The molecule has 1 aliphatic rings. The van der Waals surface area contributed by atoms with Crippen LogP contribution in [-0.4, -0.2) is 99.6 Å². The maximum Gasteiger partial charge on any atom is 0.306 e. The molecule has 8 unspecified atom stereocenters. The average molecular weight is 1010 g/mol. The number of unbranched alkanes of at least 4 members (excludes halogenated alkanes) is 26. The summed E-state index contributed by atoms with van der Waals surface area (Å²) in [7, 11) is 0. The fourth-order valence-electron chi connectivity index (χ4n) is 8.62. The molecule has 72 heavy (non-hydrogen) atoms. The molecule has 1 rings (SSSR count). The van der Waals surface area contributed by atoms with E-state index in [4.69, 9.17) is 14.2 Å². The van der Waals surface area contributed by atoms with Crippen LogP contribution in [0.3, 0.4) is 0 Å². The Labute approximate surface area is 438 Å². The van der Waals surface area contributed by atoms with E-state index in [2.05, 4.69) is 38.2 Å². The topological polar surface area (TPSA) is 175 Å². The Morgan fingerprint density at radius 3 is 1.50 bits per heavy atom. The predicted molar refractivity (Wildman–Crippen MR) is 296 cm³/mol. The molecule has 0 spiro atoms. The van der Waals surface area contributed by atoms with Crippen molar-refractivity contribution in [3.63, 3.8) is 0 Å². The lowest BCUT2D eigenvalue weighted by Crippen LogP contribution is -2.61. The number of hydrogen-bond donors (Lipinski definition) is 6.